The Labute approximate surface area is 143 Å². The predicted octanol–water partition coefficient (Wildman–Crippen LogP) is 2.49. The minimum absolute atomic E-state index is 0.0610. The monoisotopic (exact) mass is 348 g/mol. The highest BCUT2D eigenvalue weighted by Crippen LogP contribution is 2.43. The van der Waals surface area contributed by atoms with Gasteiger partial charge in [-0.2, -0.15) is 0 Å². The third kappa shape index (κ3) is 3.11. The molecule has 1 amide bonds. The van der Waals surface area contributed by atoms with E-state index in [9.17, 15) is 15.0 Å². The Kier molecular flexibility index (Phi) is 4.51. The molecular formula is C17H17ClN2O4. The molecule has 0 fully saturated rings. The van der Waals surface area contributed by atoms with Crippen LogP contribution in [0.15, 0.2) is 30.3 Å². The van der Waals surface area contributed by atoms with Crippen LogP contribution in [0.5, 0.6) is 17.2 Å². The second-order valence-corrected chi connectivity index (χ2v) is 6.00. The quantitative estimate of drug-likeness (QED) is 0.667. The van der Waals surface area contributed by atoms with Crippen LogP contribution in [0.25, 0.3) is 0 Å². The summed E-state index contributed by atoms with van der Waals surface area (Å²) >= 11 is 6.37. The van der Waals surface area contributed by atoms with Crippen LogP contribution < -0.4 is 15.8 Å². The van der Waals surface area contributed by atoms with E-state index in [0.717, 1.165) is 16.7 Å². The van der Waals surface area contributed by atoms with Gasteiger partial charge in [-0.05, 0) is 47.9 Å². The van der Waals surface area contributed by atoms with E-state index in [1.54, 1.807) is 18.2 Å². The zero-order valence-corrected chi connectivity index (χ0v) is 13.5. The Balaban J connectivity index is 2.12. The molecule has 0 aromatic heterocycles. The number of aromatic hydroxyl groups is 2. The van der Waals surface area contributed by atoms with Crippen molar-refractivity contribution in [1.29, 1.82) is 0 Å². The average molecular weight is 349 g/mol. The lowest BCUT2D eigenvalue weighted by Crippen LogP contribution is -2.20. The zero-order chi connectivity index (χ0) is 17.3. The maximum Gasteiger partial charge on any atom is 0.410 e. The van der Waals surface area contributed by atoms with E-state index in [4.69, 9.17) is 22.1 Å². The number of fused-ring (bicyclic) bond motifs is 1. The third-order valence-electron chi connectivity index (χ3n) is 4.11. The summed E-state index contributed by atoms with van der Waals surface area (Å²) in [7, 11) is 0. The van der Waals surface area contributed by atoms with Gasteiger partial charge in [0.1, 0.15) is 5.75 Å². The van der Waals surface area contributed by atoms with E-state index in [1.807, 2.05) is 12.1 Å². The van der Waals surface area contributed by atoms with Crippen molar-refractivity contribution in [3.05, 3.63) is 52.0 Å². The summed E-state index contributed by atoms with van der Waals surface area (Å²) in [6.07, 6.45) is -0.410. The van der Waals surface area contributed by atoms with Crippen LogP contribution in [-0.2, 0) is 6.42 Å². The number of phenols is 2. The minimum atomic E-state index is -1.03. The second-order valence-electron chi connectivity index (χ2n) is 5.63. The molecular weight excluding hydrogens is 332 g/mol. The number of carbonyl (C=O) groups excluding carboxylic acids is 1. The molecule has 0 spiro atoms. The number of ether oxygens (including phenoxy) is 1. The lowest BCUT2D eigenvalue weighted by Gasteiger charge is -2.20. The molecule has 3 rings (SSSR count). The fourth-order valence-corrected chi connectivity index (χ4v) is 3.35. The normalized spacial score (nSPS) is 17.0. The van der Waals surface area contributed by atoms with Crippen LogP contribution in [0.1, 0.15) is 22.6 Å². The summed E-state index contributed by atoms with van der Waals surface area (Å²) in [6, 6.07) is 8.45. The number of halogens is 1. The van der Waals surface area contributed by atoms with Gasteiger partial charge in [-0.3, -0.25) is 0 Å². The van der Waals surface area contributed by atoms with Gasteiger partial charge in [0.15, 0.2) is 11.5 Å². The van der Waals surface area contributed by atoms with Gasteiger partial charge in [-0.15, -0.1) is 0 Å². The number of nitrogens with one attached hydrogen (secondary N) is 1. The summed E-state index contributed by atoms with van der Waals surface area (Å²) in [5.41, 5.74) is 7.66. The lowest BCUT2D eigenvalue weighted by atomic mass is 9.87. The molecule has 126 valence electrons. The molecule has 0 aliphatic carbocycles. The minimum Gasteiger partial charge on any atom is -0.508 e. The summed E-state index contributed by atoms with van der Waals surface area (Å²) < 4.78 is 4.84. The Morgan fingerprint density at radius 1 is 1.29 bits per heavy atom. The molecule has 2 aromatic carbocycles. The molecule has 5 N–H and O–H groups in total. The molecule has 0 bridgehead atoms. The first-order valence-corrected chi connectivity index (χ1v) is 7.86. The van der Waals surface area contributed by atoms with Crippen molar-refractivity contribution < 1.29 is 19.7 Å². The van der Waals surface area contributed by atoms with Crippen LogP contribution in [0, 0.1) is 0 Å². The van der Waals surface area contributed by atoms with E-state index >= 15 is 0 Å². The second kappa shape index (κ2) is 6.59. The number of primary amides is 1. The van der Waals surface area contributed by atoms with E-state index in [2.05, 4.69) is 5.32 Å². The molecule has 24 heavy (non-hydrogen) atoms. The molecule has 1 aliphatic rings. The van der Waals surface area contributed by atoms with Crippen molar-refractivity contribution in [2.75, 3.05) is 13.1 Å². The fraction of sp³-hybridized carbons (Fsp3) is 0.235. The Morgan fingerprint density at radius 2 is 2.00 bits per heavy atom. The summed E-state index contributed by atoms with van der Waals surface area (Å²) in [5, 5.41) is 23.2. The number of carbonyl (C=O) groups is 1. The molecule has 7 heteroatoms. The molecule has 0 saturated heterocycles. The van der Waals surface area contributed by atoms with E-state index in [-0.39, 0.29) is 28.2 Å². The first-order valence-electron chi connectivity index (χ1n) is 7.48. The van der Waals surface area contributed by atoms with Gasteiger partial charge in [-0.1, -0.05) is 23.7 Å². The Morgan fingerprint density at radius 3 is 2.67 bits per heavy atom. The summed E-state index contributed by atoms with van der Waals surface area (Å²) in [6.45, 7) is 1.35. The standard InChI is InChI=1S/C17H17ClN2O4/c18-15-11-5-6-20-8-13(9-1-3-10(21)4-2-9)12(11)7-14(22)16(15)24-17(19)23/h1-4,7,13,20-22H,5-6,8H2,(H2,19,23). The number of rotatable bonds is 2. The summed E-state index contributed by atoms with van der Waals surface area (Å²) in [5.74, 6) is -0.224. The van der Waals surface area contributed by atoms with Gasteiger partial charge in [-0.25, -0.2) is 4.79 Å². The number of phenolic OH excluding ortho intramolecular Hbond substituents is 2. The van der Waals surface area contributed by atoms with Gasteiger partial charge in [0.2, 0.25) is 0 Å². The smallest absolute Gasteiger partial charge is 0.410 e. The van der Waals surface area contributed by atoms with Crippen molar-refractivity contribution in [2.45, 2.75) is 12.3 Å². The molecule has 0 radical (unpaired) electrons. The molecule has 6 nitrogen and oxygen atoms in total. The van der Waals surface area contributed by atoms with Crippen LogP contribution in [0.4, 0.5) is 4.79 Å². The van der Waals surface area contributed by atoms with Gasteiger partial charge < -0.3 is 26.0 Å². The van der Waals surface area contributed by atoms with Crippen LogP contribution >= 0.6 is 11.6 Å². The SMILES string of the molecule is NC(=O)Oc1c(O)cc2c(c1Cl)CCNCC2c1ccc(O)cc1. The maximum atomic E-state index is 11.0. The van der Waals surface area contributed by atoms with Crippen molar-refractivity contribution >= 4 is 17.7 Å². The third-order valence-corrected chi connectivity index (χ3v) is 4.51. The fourth-order valence-electron chi connectivity index (χ4n) is 3.01. The van der Waals surface area contributed by atoms with Gasteiger partial charge in [0, 0.05) is 12.5 Å². The average Bonchev–Trinajstić information content (AvgIpc) is 2.75. The first-order chi connectivity index (χ1) is 11.5. The molecule has 1 aliphatic heterocycles. The maximum absolute atomic E-state index is 11.0. The van der Waals surface area contributed by atoms with Crippen LogP contribution in [-0.4, -0.2) is 29.4 Å². The van der Waals surface area contributed by atoms with Gasteiger partial charge in [0.25, 0.3) is 0 Å². The highest BCUT2D eigenvalue weighted by Gasteiger charge is 2.26. The number of nitrogens with two attached hydrogens (primary N) is 1. The van der Waals surface area contributed by atoms with E-state index < -0.39 is 6.09 Å². The topological polar surface area (TPSA) is 105 Å². The Bertz CT molecular complexity index is 777. The van der Waals surface area contributed by atoms with Crippen molar-refractivity contribution in [3.63, 3.8) is 0 Å². The largest absolute Gasteiger partial charge is 0.508 e. The molecule has 2 aromatic rings. The molecule has 1 atom stereocenters. The Hall–Kier alpha value is -2.44. The molecule has 0 saturated carbocycles. The number of benzene rings is 2. The highest BCUT2D eigenvalue weighted by molar-refractivity contribution is 6.33. The predicted molar refractivity (Wildman–Crippen MR) is 89.9 cm³/mol. The number of hydrogen-bond acceptors (Lipinski definition) is 5. The van der Waals surface area contributed by atoms with E-state index in [1.165, 1.54) is 0 Å². The molecule has 1 unspecified atom stereocenters. The van der Waals surface area contributed by atoms with Crippen molar-refractivity contribution in [1.82, 2.24) is 5.32 Å². The van der Waals surface area contributed by atoms with E-state index in [0.29, 0.717) is 19.5 Å². The van der Waals surface area contributed by atoms with Crippen LogP contribution in [0.2, 0.25) is 5.02 Å². The number of amides is 1. The van der Waals surface area contributed by atoms with Crippen LogP contribution in [0.3, 0.4) is 0 Å². The first kappa shape index (κ1) is 16.4. The van der Waals surface area contributed by atoms with Gasteiger partial charge >= 0.3 is 6.09 Å². The molecule has 1 heterocycles. The van der Waals surface area contributed by atoms with Gasteiger partial charge in [0.05, 0.1) is 5.02 Å². The highest BCUT2D eigenvalue weighted by atomic mass is 35.5. The van der Waals surface area contributed by atoms with Crippen molar-refractivity contribution in [2.24, 2.45) is 5.73 Å². The zero-order valence-electron chi connectivity index (χ0n) is 12.8. The lowest BCUT2D eigenvalue weighted by molar-refractivity contribution is 0.209. The number of hydrogen-bond donors (Lipinski definition) is 4. The van der Waals surface area contributed by atoms with Crippen molar-refractivity contribution in [3.8, 4) is 17.2 Å². The summed E-state index contributed by atoms with van der Waals surface area (Å²) in [4.78, 5) is 11.0.